The minimum Gasteiger partial charge on any atom is -0.387 e. The van der Waals surface area contributed by atoms with E-state index in [2.05, 4.69) is 48.9 Å². The first-order valence-corrected chi connectivity index (χ1v) is 7.72. The molecule has 0 saturated carbocycles. The van der Waals surface area contributed by atoms with E-state index >= 15 is 0 Å². The van der Waals surface area contributed by atoms with Crippen LogP contribution in [0.3, 0.4) is 0 Å². The molecule has 3 nitrogen and oxygen atoms in total. The molecule has 0 radical (unpaired) electrons. The quantitative estimate of drug-likeness (QED) is 0.864. The van der Waals surface area contributed by atoms with Crippen LogP contribution in [-0.4, -0.2) is 54.7 Å². The van der Waals surface area contributed by atoms with Gasteiger partial charge in [0.15, 0.2) is 0 Å². The summed E-state index contributed by atoms with van der Waals surface area (Å²) < 4.78 is 0. The Bertz CT molecular complexity index is 427. The predicted octanol–water partition coefficient (Wildman–Crippen LogP) is 2.36. The summed E-state index contributed by atoms with van der Waals surface area (Å²) in [5, 5.41) is 10.4. The number of hydrogen-bond acceptors (Lipinski definition) is 3. The summed E-state index contributed by atoms with van der Waals surface area (Å²) in [5.74, 6) is 0. The molecule has 0 bridgehead atoms. The summed E-state index contributed by atoms with van der Waals surface area (Å²) >= 11 is 0. The van der Waals surface area contributed by atoms with Gasteiger partial charge in [0.25, 0.3) is 0 Å². The summed E-state index contributed by atoms with van der Waals surface area (Å²) in [6.45, 7) is 9.51. The number of likely N-dealkylation sites (N-methyl/N-ethyl adjacent to an activating group) is 1. The lowest BCUT2D eigenvalue weighted by Crippen LogP contribution is -2.33. The van der Waals surface area contributed by atoms with Crippen molar-refractivity contribution in [1.29, 1.82) is 0 Å². The van der Waals surface area contributed by atoms with Gasteiger partial charge in [-0.15, -0.1) is 0 Å². The van der Waals surface area contributed by atoms with Crippen molar-refractivity contribution < 1.29 is 5.11 Å². The Hall–Kier alpha value is -0.900. The number of aliphatic hydroxyl groups excluding tert-OH is 1. The molecule has 1 saturated heterocycles. The number of rotatable bonds is 6. The Morgan fingerprint density at radius 2 is 1.95 bits per heavy atom. The number of benzene rings is 1. The predicted molar refractivity (Wildman–Crippen MR) is 84.0 cm³/mol. The van der Waals surface area contributed by atoms with E-state index in [1.165, 1.54) is 37.1 Å². The van der Waals surface area contributed by atoms with Crippen molar-refractivity contribution in [3.63, 3.8) is 0 Å². The van der Waals surface area contributed by atoms with Crippen molar-refractivity contribution in [2.45, 2.75) is 32.8 Å². The number of nitrogens with zero attached hydrogens (tertiary/aromatic N) is 2. The summed E-state index contributed by atoms with van der Waals surface area (Å²) in [6, 6.07) is 6.28. The fraction of sp³-hybridized carbons (Fsp3) is 0.647. The van der Waals surface area contributed by atoms with E-state index in [1.807, 2.05) is 0 Å². The van der Waals surface area contributed by atoms with Crippen LogP contribution in [0.4, 0.5) is 0 Å². The number of likely N-dealkylation sites (tertiary alicyclic amines) is 1. The molecular formula is C17H28N2O. The smallest absolute Gasteiger partial charge is 0.0919 e. The Kier molecular flexibility index (Phi) is 5.58. The van der Waals surface area contributed by atoms with Gasteiger partial charge >= 0.3 is 0 Å². The highest BCUT2D eigenvalue weighted by Crippen LogP contribution is 2.19. The highest BCUT2D eigenvalue weighted by molar-refractivity contribution is 5.32. The van der Waals surface area contributed by atoms with Crippen molar-refractivity contribution >= 4 is 0 Å². The van der Waals surface area contributed by atoms with Gasteiger partial charge in [-0.05, 0) is 58.0 Å². The molecule has 3 heteroatoms. The standard InChI is InChI=1S/C17H28N2O/c1-14-6-7-16(15(2)12-14)17(20)13-18(3)10-11-19-8-4-5-9-19/h6-7,12,17,20H,4-5,8-11,13H2,1-3H3. The van der Waals surface area contributed by atoms with Crippen LogP contribution in [0.15, 0.2) is 18.2 Å². The maximum atomic E-state index is 10.4. The van der Waals surface area contributed by atoms with Gasteiger partial charge in [-0.3, -0.25) is 0 Å². The largest absolute Gasteiger partial charge is 0.387 e. The van der Waals surface area contributed by atoms with E-state index < -0.39 is 0 Å². The second-order valence-corrected chi connectivity index (χ2v) is 6.19. The molecule has 1 aliphatic rings. The molecule has 1 aromatic rings. The van der Waals surface area contributed by atoms with E-state index in [1.54, 1.807) is 0 Å². The average Bonchev–Trinajstić information content (AvgIpc) is 2.89. The SMILES string of the molecule is Cc1ccc(C(O)CN(C)CCN2CCCC2)c(C)c1. The highest BCUT2D eigenvalue weighted by atomic mass is 16.3. The second kappa shape index (κ2) is 7.21. The zero-order valence-electron chi connectivity index (χ0n) is 13.1. The number of hydrogen-bond donors (Lipinski definition) is 1. The van der Waals surface area contributed by atoms with Crippen LogP contribution in [-0.2, 0) is 0 Å². The molecule has 1 atom stereocenters. The zero-order chi connectivity index (χ0) is 14.5. The van der Waals surface area contributed by atoms with E-state index in [0.29, 0.717) is 6.54 Å². The lowest BCUT2D eigenvalue weighted by molar-refractivity contribution is 0.120. The molecule has 0 spiro atoms. The maximum Gasteiger partial charge on any atom is 0.0919 e. The van der Waals surface area contributed by atoms with Gasteiger partial charge in [0.2, 0.25) is 0 Å². The first kappa shape index (κ1) is 15.5. The summed E-state index contributed by atoms with van der Waals surface area (Å²) in [6.07, 6.45) is 2.29. The fourth-order valence-electron chi connectivity index (χ4n) is 3.00. The van der Waals surface area contributed by atoms with E-state index in [0.717, 1.165) is 18.7 Å². The Morgan fingerprint density at radius 3 is 2.60 bits per heavy atom. The first-order valence-electron chi connectivity index (χ1n) is 7.72. The summed E-state index contributed by atoms with van der Waals surface area (Å²) in [4.78, 5) is 4.75. The highest BCUT2D eigenvalue weighted by Gasteiger charge is 2.15. The van der Waals surface area contributed by atoms with Crippen molar-refractivity contribution in [3.8, 4) is 0 Å². The van der Waals surface area contributed by atoms with Crippen molar-refractivity contribution in [3.05, 3.63) is 34.9 Å². The van der Waals surface area contributed by atoms with Gasteiger partial charge in [0.1, 0.15) is 0 Å². The van der Waals surface area contributed by atoms with Gasteiger partial charge in [0, 0.05) is 19.6 Å². The molecule has 1 fully saturated rings. The molecule has 1 N–H and O–H groups in total. The Morgan fingerprint density at radius 1 is 1.25 bits per heavy atom. The van der Waals surface area contributed by atoms with Crippen LogP contribution < -0.4 is 0 Å². The topological polar surface area (TPSA) is 26.7 Å². The minimum atomic E-state index is -0.390. The minimum absolute atomic E-state index is 0.390. The summed E-state index contributed by atoms with van der Waals surface area (Å²) in [5.41, 5.74) is 3.50. The van der Waals surface area contributed by atoms with Crippen LogP contribution in [0.2, 0.25) is 0 Å². The molecular weight excluding hydrogens is 248 g/mol. The van der Waals surface area contributed by atoms with Crippen LogP contribution >= 0.6 is 0 Å². The van der Waals surface area contributed by atoms with E-state index in [4.69, 9.17) is 0 Å². The molecule has 112 valence electrons. The second-order valence-electron chi connectivity index (χ2n) is 6.19. The number of aryl methyl sites for hydroxylation is 2. The summed E-state index contributed by atoms with van der Waals surface area (Å²) in [7, 11) is 2.10. The normalized spacial score (nSPS) is 17.9. The Balaban J connectivity index is 1.81. The molecule has 0 aromatic heterocycles. The third-order valence-corrected chi connectivity index (χ3v) is 4.27. The van der Waals surface area contributed by atoms with Crippen molar-refractivity contribution in [2.24, 2.45) is 0 Å². The lowest BCUT2D eigenvalue weighted by Gasteiger charge is -2.24. The monoisotopic (exact) mass is 276 g/mol. The number of aliphatic hydroxyl groups is 1. The molecule has 0 aliphatic carbocycles. The molecule has 1 aromatic carbocycles. The molecule has 2 rings (SSSR count). The first-order chi connectivity index (χ1) is 9.56. The van der Waals surface area contributed by atoms with Gasteiger partial charge in [0.05, 0.1) is 6.10 Å². The van der Waals surface area contributed by atoms with Gasteiger partial charge < -0.3 is 14.9 Å². The van der Waals surface area contributed by atoms with Gasteiger partial charge in [-0.25, -0.2) is 0 Å². The maximum absolute atomic E-state index is 10.4. The van der Waals surface area contributed by atoms with Gasteiger partial charge in [-0.1, -0.05) is 23.8 Å². The van der Waals surface area contributed by atoms with Crippen molar-refractivity contribution in [1.82, 2.24) is 9.80 Å². The average molecular weight is 276 g/mol. The molecule has 1 heterocycles. The van der Waals surface area contributed by atoms with E-state index in [9.17, 15) is 5.11 Å². The van der Waals surface area contributed by atoms with Crippen LogP contribution in [0.5, 0.6) is 0 Å². The van der Waals surface area contributed by atoms with Crippen LogP contribution in [0, 0.1) is 13.8 Å². The molecule has 20 heavy (non-hydrogen) atoms. The van der Waals surface area contributed by atoms with Crippen LogP contribution in [0.1, 0.15) is 35.6 Å². The third-order valence-electron chi connectivity index (χ3n) is 4.27. The molecule has 0 amide bonds. The lowest BCUT2D eigenvalue weighted by atomic mass is 10.0. The van der Waals surface area contributed by atoms with Gasteiger partial charge in [-0.2, -0.15) is 0 Å². The zero-order valence-corrected chi connectivity index (χ0v) is 13.1. The molecule has 1 aliphatic heterocycles. The Labute approximate surface area is 123 Å². The van der Waals surface area contributed by atoms with Crippen molar-refractivity contribution in [2.75, 3.05) is 39.8 Å². The molecule has 1 unspecified atom stereocenters. The van der Waals surface area contributed by atoms with Crippen LogP contribution in [0.25, 0.3) is 0 Å². The van der Waals surface area contributed by atoms with E-state index in [-0.39, 0.29) is 6.10 Å². The third kappa shape index (κ3) is 4.30. The fourth-order valence-corrected chi connectivity index (χ4v) is 3.00.